The van der Waals surface area contributed by atoms with Gasteiger partial charge in [-0.05, 0) is 38.5 Å². The molecule has 1 unspecified atom stereocenters. The molecule has 2 fully saturated rings. The lowest BCUT2D eigenvalue weighted by Crippen LogP contribution is -2.69. The summed E-state index contributed by atoms with van der Waals surface area (Å²) in [6, 6.07) is -0.293. The predicted octanol–water partition coefficient (Wildman–Crippen LogP) is 1.17. The lowest BCUT2D eigenvalue weighted by molar-refractivity contribution is -0.155. The van der Waals surface area contributed by atoms with Crippen molar-refractivity contribution in [3.63, 3.8) is 0 Å². The number of carbonyl (C=O) groups is 2. The summed E-state index contributed by atoms with van der Waals surface area (Å²) >= 11 is 0. The Balaban J connectivity index is 2.00. The standard InChI is InChI=1S/C15H26N2O3/c1-10(2)9-20-8-7-17-12(11-5-6-11)13(18)16-15(3,4)14(17)19/h10-12H,5-9H2,1-4H3,(H,16,18). The zero-order valence-electron chi connectivity index (χ0n) is 12.9. The highest BCUT2D eigenvalue weighted by atomic mass is 16.5. The van der Waals surface area contributed by atoms with E-state index in [4.69, 9.17) is 4.74 Å². The molecule has 2 aliphatic rings. The molecule has 2 rings (SSSR count). The summed E-state index contributed by atoms with van der Waals surface area (Å²) in [6.07, 6.45) is 2.07. The summed E-state index contributed by atoms with van der Waals surface area (Å²) in [5.41, 5.74) is -0.805. The molecule has 1 atom stereocenters. The van der Waals surface area contributed by atoms with Crippen molar-refractivity contribution in [2.24, 2.45) is 11.8 Å². The monoisotopic (exact) mass is 282 g/mol. The molecule has 0 bridgehead atoms. The zero-order chi connectivity index (χ0) is 14.9. The number of hydrogen-bond acceptors (Lipinski definition) is 3. The number of carbonyl (C=O) groups excluding carboxylic acids is 2. The van der Waals surface area contributed by atoms with E-state index in [2.05, 4.69) is 19.2 Å². The van der Waals surface area contributed by atoms with Crippen LogP contribution in [0.3, 0.4) is 0 Å². The summed E-state index contributed by atoms with van der Waals surface area (Å²) in [5.74, 6) is 0.800. The van der Waals surface area contributed by atoms with Crippen LogP contribution in [0.4, 0.5) is 0 Å². The molecule has 0 radical (unpaired) electrons. The molecule has 1 aliphatic carbocycles. The Morgan fingerprint density at radius 3 is 2.55 bits per heavy atom. The van der Waals surface area contributed by atoms with Gasteiger partial charge in [0.25, 0.3) is 0 Å². The van der Waals surface area contributed by atoms with Crippen molar-refractivity contribution in [2.45, 2.75) is 52.1 Å². The fourth-order valence-electron chi connectivity index (χ4n) is 2.67. The minimum Gasteiger partial charge on any atom is -0.379 e. The number of ether oxygens (including phenoxy) is 1. The second-order valence-corrected chi connectivity index (χ2v) is 6.86. The third-order valence-electron chi connectivity index (χ3n) is 3.83. The molecular formula is C15H26N2O3. The summed E-state index contributed by atoms with van der Waals surface area (Å²) in [7, 11) is 0. The molecule has 5 nitrogen and oxygen atoms in total. The van der Waals surface area contributed by atoms with E-state index in [1.54, 1.807) is 18.7 Å². The number of nitrogens with zero attached hydrogens (tertiary/aromatic N) is 1. The molecule has 1 heterocycles. The first kappa shape index (κ1) is 15.3. The van der Waals surface area contributed by atoms with E-state index in [1.165, 1.54) is 0 Å². The highest BCUT2D eigenvalue weighted by molar-refractivity contribution is 5.99. The first-order valence-corrected chi connectivity index (χ1v) is 7.54. The first-order valence-electron chi connectivity index (χ1n) is 7.54. The number of piperazine rings is 1. The van der Waals surface area contributed by atoms with Crippen LogP contribution in [0.2, 0.25) is 0 Å². The van der Waals surface area contributed by atoms with Crippen molar-refractivity contribution in [1.29, 1.82) is 0 Å². The van der Waals surface area contributed by atoms with Crippen LogP contribution >= 0.6 is 0 Å². The number of amides is 2. The lowest BCUT2D eigenvalue weighted by atomic mass is 9.95. The van der Waals surface area contributed by atoms with Crippen LogP contribution < -0.4 is 5.32 Å². The molecule has 5 heteroatoms. The summed E-state index contributed by atoms with van der Waals surface area (Å²) in [5, 5.41) is 2.84. The van der Waals surface area contributed by atoms with Gasteiger partial charge in [-0.15, -0.1) is 0 Å². The Bertz CT molecular complexity index is 389. The molecule has 1 aliphatic heterocycles. The third-order valence-corrected chi connectivity index (χ3v) is 3.83. The average Bonchev–Trinajstić information content (AvgIpc) is 3.13. The minimum absolute atomic E-state index is 0.00199. The maximum absolute atomic E-state index is 12.5. The molecule has 114 valence electrons. The van der Waals surface area contributed by atoms with Gasteiger partial charge in [0.05, 0.1) is 6.61 Å². The third kappa shape index (κ3) is 3.32. The Hall–Kier alpha value is -1.10. The predicted molar refractivity (Wildman–Crippen MR) is 76.1 cm³/mol. The first-order chi connectivity index (χ1) is 9.33. The van der Waals surface area contributed by atoms with Gasteiger partial charge in [0, 0.05) is 13.2 Å². The average molecular weight is 282 g/mol. The molecule has 1 N–H and O–H groups in total. The van der Waals surface area contributed by atoms with E-state index in [0.717, 1.165) is 12.8 Å². The van der Waals surface area contributed by atoms with Crippen LogP contribution in [0.25, 0.3) is 0 Å². The SMILES string of the molecule is CC(C)COCCN1C(=O)C(C)(C)NC(=O)C1C1CC1. The van der Waals surface area contributed by atoms with Gasteiger partial charge in [-0.2, -0.15) is 0 Å². The van der Waals surface area contributed by atoms with Gasteiger partial charge in [-0.25, -0.2) is 0 Å². The molecule has 0 aromatic heterocycles. The van der Waals surface area contributed by atoms with Gasteiger partial charge in [0.2, 0.25) is 11.8 Å². The normalized spacial score (nSPS) is 26.1. The van der Waals surface area contributed by atoms with E-state index in [-0.39, 0.29) is 17.9 Å². The Morgan fingerprint density at radius 1 is 1.35 bits per heavy atom. The van der Waals surface area contributed by atoms with Crippen LogP contribution in [-0.2, 0) is 14.3 Å². The summed E-state index contributed by atoms with van der Waals surface area (Å²) in [4.78, 5) is 26.5. The van der Waals surface area contributed by atoms with Gasteiger partial charge in [0.15, 0.2) is 0 Å². The maximum atomic E-state index is 12.5. The van der Waals surface area contributed by atoms with Gasteiger partial charge >= 0.3 is 0 Å². The Morgan fingerprint density at radius 2 is 2.00 bits per heavy atom. The van der Waals surface area contributed by atoms with Crippen molar-refractivity contribution in [3.05, 3.63) is 0 Å². The van der Waals surface area contributed by atoms with E-state index in [9.17, 15) is 9.59 Å². The number of rotatable bonds is 6. The van der Waals surface area contributed by atoms with Gasteiger partial charge < -0.3 is 15.0 Å². The quantitative estimate of drug-likeness (QED) is 0.744. The van der Waals surface area contributed by atoms with Gasteiger partial charge in [0.1, 0.15) is 11.6 Å². The largest absolute Gasteiger partial charge is 0.379 e. The fourth-order valence-corrected chi connectivity index (χ4v) is 2.67. The lowest BCUT2D eigenvalue weighted by Gasteiger charge is -2.43. The van der Waals surface area contributed by atoms with Crippen molar-refractivity contribution in [2.75, 3.05) is 19.8 Å². The second-order valence-electron chi connectivity index (χ2n) is 6.86. The fraction of sp³-hybridized carbons (Fsp3) is 0.867. The molecule has 0 aromatic rings. The van der Waals surface area contributed by atoms with Crippen LogP contribution in [0.15, 0.2) is 0 Å². The van der Waals surface area contributed by atoms with Gasteiger partial charge in [-0.1, -0.05) is 13.8 Å². The highest BCUT2D eigenvalue weighted by Gasteiger charge is 2.50. The highest BCUT2D eigenvalue weighted by Crippen LogP contribution is 2.37. The van der Waals surface area contributed by atoms with E-state index < -0.39 is 5.54 Å². The summed E-state index contributed by atoms with van der Waals surface area (Å²) < 4.78 is 5.57. The van der Waals surface area contributed by atoms with Crippen molar-refractivity contribution in [1.82, 2.24) is 10.2 Å². The second kappa shape index (κ2) is 5.72. The summed E-state index contributed by atoms with van der Waals surface area (Å²) in [6.45, 7) is 9.40. The van der Waals surface area contributed by atoms with Crippen LogP contribution in [-0.4, -0.2) is 48.1 Å². The number of hydrogen-bond donors (Lipinski definition) is 1. The van der Waals surface area contributed by atoms with Crippen LogP contribution in [0.5, 0.6) is 0 Å². The van der Waals surface area contributed by atoms with Crippen LogP contribution in [0, 0.1) is 11.8 Å². The van der Waals surface area contributed by atoms with Crippen molar-refractivity contribution < 1.29 is 14.3 Å². The topological polar surface area (TPSA) is 58.6 Å². The molecule has 20 heavy (non-hydrogen) atoms. The van der Waals surface area contributed by atoms with Crippen molar-refractivity contribution in [3.8, 4) is 0 Å². The smallest absolute Gasteiger partial charge is 0.248 e. The molecule has 1 saturated carbocycles. The molecule has 0 spiro atoms. The van der Waals surface area contributed by atoms with Gasteiger partial charge in [-0.3, -0.25) is 9.59 Å². The maximum Gasteiger partial charge on any atom is 0.248 e. The molecule has 2 amide bonds. The van der Waals surface area contributed by atoms with E-state index in [1.807, 2.05) is 0 Å². The molecule has 0 aromatic carbocycles. The molecular weight excluding hydrogens is 256 g/mol. The van der Waals surface area contributed by atoms with Crippen LogP contribution in [0.1, 0.15) is 40.5 Å². The minimum atomic E-state index is -0.805. The number of nitrogens with one attached hydrogen (secondary N) is 1. The van der Waals surface area contributed by atoms with E-state index in [0.29, 0.717) is 31.6 Å². The Labute approximate surface area is 121 Å². The zero-order valence-corrected chi connectivity index (χ0v) is 12.9. The molecule has 1 saturated heterocycles. The Kier molecular flexibility index (Phi) is 4.37. The van der Waals surface area contributed by atoms with E-state index >= 15 is 0 Å². The van der Waals surface area contributed by atoms with Crippen molar-refractivity contribution >= 4 is 11.8 Å².